The van der Waals surface area contributed by atoms with Crippen LogP contribution in [0.5, 0.6) is 5.75 Å². The van der Waals surface area contributed by atoms with E-state index in [1.165, 1.54) is 23.3 Å². The molecule has 2 unspecified atom stereocenters. The van der Waals surface area contributed by atoms with Gasteiger partial charge in [-0.1, -0.05) is 22.7 Å². The number of benzene rings is 1. The summed E-state index contributed by atoms with van der Waals surface area (Å²) in [5.41, 5.74) is 6.43. The molecule has 4 rings (SSSR count). The maximum Gasteiger partial charge on any atom is 0.318 e. The van der Waals surface area contributed by atoms with Gasteiger partial charge in [0, 0.05) is 17.7 Å². The van der Waals surface area contributed by atoms with Gasteiger partial charge in [-0.2, -0.15) is 0 Å². The van der Waals surface area contributed by atoms with Gasteiger partial charge in [-0.15, -0.1) is 16.9 Å². The monoisotopic (exact) mass is 432 g/mol. The molecule has 2 fully saturated rings. The fourth-order valence-corrected chi connectivity index (χ4v) is 5.17. The first-order valence-corrected chi connectivity index (χ1v) is 10.8. The lowest BCUT2D eigenvalue weighted by Gasteiger charge is -2.52. The lowest BCUT2D eigenvalue weighted by Crippen LogP contribution is -2.71. The summed E-state index contributed by atoms with van der Waals surface area (Å²) in [4.78, 5) is 26.9. The predicted molar refractivity (Wildman–Crippen MR) is 110 cm³/mol. The van der Waals surface area contributed by atoms with Crippen molar-refractivity contribution in [3.63, 3.8) is 0 Å². The van der Waals surface area contributed by atoms with Gasteiger partial charge in [-0.25, -0.2) is 0 Å². The molecule has 0 spiro atoms. The molecular weight excluding hydrogens is 412 g/mol. The normalized spacial score (nSPS) is 26.1. The summed E-state index contributed by atoms with van der Waals surface area (Å²) in [6, 6.07) is 6.82. The molecule has 0 aliphatic carbocycles. The van der Waals surface area contributed by atoms with Crippen LogP contribution in [-0.2, 0) is 20.9 Å². The molecule has 1 aromatic heterocycles. The molecule has 0 radical (unpaired) electrons. The van der Waals surface area contributed by atoms with E-state index < -0.39 is 11.5 Å². The van der Waals surface area contributed by atoms with Gasteiger partial charge in [-0.3, -0.25) is 9.59 Å². The van der Waals surface area contributed by atoms with Crippen molar-refractivity contribution in [3.8, 4) is 5.75 Å². The minimum atomic E-state index is -0.965. The van der Waals surface area contributed by atoms with E-state index >= 15 is 0 Å². The average molecular weight is 433 g/mol. The molecule has 1 amide bonds. The third kappa shape index (κ3) is 3.87. The van der Waals surface area contributed by atoms with Crippen LogP contribution in [0, 0.1) is 5.41 Å². The Morgan fingerprint density at radius 1 is 1.41 bits per heavy atom. The number of rotatable bonds is 6. The predicted octanol–water partition coefficient (Wildman–Crippen LogP) is 1.53. The molecule has 0 bridgehead atoms. The third-order valence-corrected chi connectivity index (χ3v) is 7.13. The van der Waals surface area contributed by atoms with Crippen LogP contribution in [-0.4, -0.2) is 57.2 Å². The molecule has 29 heavy (non-hydrogen) atoms. The lowest BCUT2D eigenvalue weighted by atomic mass is 9.86. The van der Waals surface area contributed by atoms with E-state index in [1.807, 2.05) is 24.3 Å². The highest BCUT2D eigenvalue weighted by Gasteiger charge is 2.55. The van der Waals surface area contributed by atoms with E-state index in [2.05, 4.69) is 9.59 Å². The second-order valence-corrected chi connectivity index (χ2v) is 8.65. The van der Waals surface area contributed by atoms with Gasteiger partial charge < -0.3 is 20.1 Å². The number of β-lactam (4-membered cyclic amide) rings is 1. The highest BCUT2D eigenvalue weighted by atomic mass is 32.2. The number of nitrogens with zero attached hydrogens (tertiary/aromatic N) is 3. The van der Waals surface area contributed by atoms with E-state index in [1.54, 1.807) is 29.5 Å². The summed E-state index contributed by atoms with van der Waals surface area (Å²) < 4.78 is 14.6. The van der Waals surface area contributed by atoms with Crippen molar-refractivity contribution in [2.24, 2.45) is 11.1 Å². The van der Waals surface area contributed by atoms with Gasteiger partial charge in [-0.05, 0) is 35.3 Å². The van der Waals surface area contributed by atoms with E-state index in [-0.39, 0.29) is 30.4 Å². The number of aromatic nitrogens is 2. The van der Waals surface area contributed by atoms with Gasteiger partial charge in [0.25, 0.3) is 0 Å². The Morgan fingerprint density at radius 3 is 2.90 bits per heavy atom. The van der Waals surface area contributed by atoms with E-state index in [0.29, 0.717) is 11.4 Å². The number of hydrogen-bond donors (Lipinski definition) is 1. The summed E-state index contributed by atoms with van der Waals surface area (Å²) >= 11 is 2.73. The van der Waals surface area contributed by atoms with Crippen LogP contribution in [0.25, 0.3) is 6.08 Å². The molecule has 2 saturated heterocycles. The molecule has 1 aromatic carbocycles. The van der Waals surface area contributed by atoms with Crippen LogP contribution in [0.15, 0.2) is 35.7 Å². The Hall–Kier alpha value is -2.43. The molecule has 0 saturated carbocycles. The van der Waals surface area contributed by atoms with Gasteiger partial charge in [0.15, 0.2) is 0 Å². The molecule has 2 aromatic rings. The van der Waals surface area contributed by atoms with E-state index in [4.69, 9.17) is 15.2 Å². The van der Waals surface area contributed by atoms with Crippen molar-refractivity contribution in [1.82, 2.24) is 14.5 Å². The molecule has 2 N–H and O–H groups in total. The molecular formula is C19H20N4O4S2. The SMILES string of the molecule is COc1ccc(COC(=O)C2(C=Cc3csnn3)CS[C@@H]3C(N)C(=O)N3C2)cc1. The number of fused-ring (bicyclic) bond motifs is 1. The Labute approximate surface area is 176 Å². The van der Waals surface area contributed by atoms with Gasteiger partial charge >= 0.3 is 5.97 Å². The first-order chi connectivity index (χ1) is 14.0. The average Bonchev–Trinajstić information content (AvgIpc) is 3.29. The number of carbonyl (C=O) groups excluding carboxylic acids is 2. The number of esters is 1. The minimum absolute atomic E-state index is 0.0839. The number of ether oxygens (including phenoxy) is 2. The summed E-state index contributed by atoms with van der Waals surface area (Å²) in [7, 11) is 1.60. The molecule has 10 heteroatoms. The fourth-order valence-electron chi connectivity index (χ4n) is 3.29. The van der Waals surface area contributed by atoms with Crippen LogP contribution in [0.3, 0.4) is 0 Å². The van der Waals surface area contributed by atoms with E-state index in [9.17, 15) is 9.59 Å². The first-order valence-electron chi connectivity index (χ1n) is 8.96. The maximum atomic E-state index is 13.1. The minimum Gasteiger partial charge on any atom is -0.497 e. The highest BCUT2D eigenvalue weighted by molar-refractivity contribution is 8.00. The van der Waals surface area contributed by atoms with Gasteiger partial charge in [0.05, 0.1) is 12.8 Å². The second-order valence-electron chi connectivity index (χ2n) is 6.94. The second kappa shape index (κ2) is 8.13. The van der Waals surface area contributed by atoms with Crippen molar-refractivity contribution >= 4 is 41.2 Å². The Kier molecular flexibility index (Phi) is 5.57. The van der Waals surface area contributed by atoms with Crippen molar-refractivity contribution in [1.29, 1.82) is 0 Å². The smallest absolute Gasteiger partial charge is 0.318 e. The van der Waals surface area contributed by atoms with Crippen molar-refractivity contribution in [2.75, 3.05) is 19.4 Å². The zero-order chi connectivity index (χ0) is 20.4. The van der Waals surface area contributed by atoms with Crippen molar-refractivity contribution in [3.05, 3.63) is 47.0 Å². The Balaban J connectivity index is 1.51. The maximum absolute atomic E-state index is 13.1. The molecule has 152 valence electrons. The number of nitrogens with two attached hydrogens (primary N) is 1. The van der Waals surface area contributed by atoms with Crippen molar-refractivity contribution < 1.29 is 19.1 Å². The number of hydrogen-bond acceptors (Lipinski definition) is 9. The zero-order valence-electron chi connectivity index (χ0n) is 15.7. The van der Waals surface area contributed by atoms with Crippen LogP contribution in [0.2, 0.25) is 0 Å². The van der Waals surface area contributed by atoms with Crippen LogP contribution in [0.4, 0.5) is 0 Å². The molecule has 3 heterocycles. The highest BCUT2D eigenvalue weighted by Crippen LogP contribution is 2.43. The summed E-state index contributed by atoms with van der Waals surface area (Å²) in [5.74, 6) is 0.689. The molecule has 2 aliphatic rings. The molecule has 8 nitrogen and oxygen atoms in total. The lowest BCUT2D eigenvalue weighted by molar-refractivity contribution is -0.159. The Morgan fingerprint density at radius 2 is 2.21 bits per heavy atom. The number of methoxy groups -OCH3 is 1. The number of amides is 1. The molecule has 3 atom stereocenters. The summed E-state index contributed by atoms with van der Waals surface area (Å²) in [6.07, 6.45) is 3.53. The quantitative estimate of drug-likeness (QED) is 0.541. The summed E-state index contributed by atoms with van der Waals surface area (Å²) in [6.45, 7) is 0.380. The zero-order valence-corrected chi connectivity index (χ0v) is 17.3. The molecule has 2 aliphatic heterocycles. The third-order valence-electron chi connectivity index (χ3n) is 5.03. The number of carbonyl (C=O) groups is 2. The van der Waals surface area contributed by atoms with Crippen LogP contribution in [0.1, 0.15) is 11.3 Å². The van der Waals surface area contributed by atoms with Crippen molar-refractivity contribution in [2.45, 2.75) is 18.0 Å². The largest absolute Gasteiger partial charge is 0.497 e. The first kappa shape index (κ1) is 19.9. The van der Waals surface area contributed by atoms with Gasteiger partial charge in [0.1, 0.15) is 29.2 Å². The van der Waals surface area contributed by atoms with Crippen LogP contribution >= 0.6 is 23.3 Å². The fraction of sp³-hybridized carbons (Fsp3) is 0.368. The van der Waals surface area contributed by atoms with Gasteiger partial charge in [0.2, 0.25) is 5.91 Å². The summed E-state index contributed by atoms with van der Waals surface area (Å²) in [5, 5.41) is 5.69. The van der Waals surface area contributed by atoms with E-state index in [0.717, 1.165) is 11.3 Å². The topological polar surface area (TPSA) is 108 Å². The van der Waals surface area contributed by atoms with Crippen LogP contribution < -0.4 is 10.5 Å². The Bertz CT molecular complexity index is 919. The number of thioether (sulfide) groups is 1. The standard InChI is InChI=1S/C19H20N4O4S2/c1-26-14-4-2-12(3-5-14)8-27-18(25)19(7-6-13-9-29-22-21-13)10-23-16(24)15(20)17(23)28-11-19/h2-7,9,15,17H,8,10-11,20H2,1H3/t15?,17-,19?/m1/s1.